The van der Waals surface area contributed by atoms with Gasteiger partial charge in [-0.05, 0) is 24.3 Å². The summed E-state index contributed by atoms with van der Waals surface area (Å²) in [6, 6.07) is 9.79. The number of aromatic hydroxyl groups is 3. The Morgan fingerprint density at radius 1 is 0.714 bits per heavy atom. The molecule has 0 radical (unpaired) electrons. The molecule has 3 N–H and O–H groups in total. The van der Waals surface area contributed by atoms with Gasteiger partial charge in [0.1, 0.15) is 55.9 Å². The number of hydrogen-bond donors (Lipinski definition) is 3. The summed E-state index contributed by atoms with van der Waals surface area (Å²) in [5, 5.41) is 30.8. The van der Waals surface area contributed by atoms with Gasteiger partial charge in [-0.1, -0.05) is 12.1 Å². The Kier molecular flexibility index (Phi) is 3.09. The molecule has 0 aliphatic rings. The second-order valence-corrected chi connectivity index (χ2v) is 6.16. The summed E-state index contributed by atoms with van der Waals surface area (Å²) in [5.41, 5.74) is -1.94. The molecule has 8 heteroatoms. The lowest BCUT2D eigenvalue weighted by molar-refractivity contribution is 0.452. The SMILES string of the molecule is O=c1oc2cccc(O)c2c(O)c1-c1cc2c(=O)oc3cccc(O)c3c2o1. The van der Waals surface area contributed by atoms with Gasteiger partial charge in [0.05, 0.1) is 0 Å². The first-order valence-corrected chi connectivity index (χ1v) is 8.12. The van der Waals surface area contributed by atoms with Crippen LogP contribution in [0, 0.1) is 0 Å². The molecular weight excluding hydrogens is 368 g/mol. The Labute approximate surface area is 154 Å². The van der Waals surface area contributed by atoms with Crippen LogP contribution >= 0.6 is 0 Å². The monoisotopic (exact) mass is 378 g/mol. The molecule has 28 heavy (non-hydrogen) atoms. The van der Waals surface area contributed by atoms with E-state index in [0.717, 1.165) is 0 Å². The minimum Gasteiger partial charge on any atom is -0.507 e. The molecule has 2 aromatic carbocycles. The molecule has 138 valence electrons. The quantitative estimate of drug-likeness (QED) is 0.378. The smallest absolute Gasteiger partial charge is 0.351 e. The first-order chi connectivity index (χ1) is 13.5. The maximum absolute atomic E-state index is 12.4. The van der Waals surface area contributed by atoms with Crippen LogP contribution in [0.2, 0.25) is 0 Å². The zero-order valence-corrected chi connectivity index (χ0v) is 13.9. The standard InChI is InChI=1S/C20H10O8/c21-9-3-1-5-11-14(9)17(23)16(20(25)28-11)13-7-8-18(26-13)15-10(22)4-2-6-12(15)27-19(8)24/h1-7,21-23H. The van der Waals surface area contributed by atoms with Crippen molar-refractivity contribution in [2.75, 3.05) is 0 Å². The maximum Gasteiger partial charge on any atom is 0.351 e. The van der Waals surface area contributed by atoms with Crippen molar-refractivity contribution in [3.05, 3.63) is 63.3 Å². The van der Waals surface area contributed by atoms with Gasteiger partial charge in [0, 0.05) is 6.07 Å². The van der Waals surface area contributed by atoms with E-state index in [4.69, 9.17) is 13.3 Å². The van der Waals surface area contributed by atoms with E-state index in [0.29, 0.717) is 0 Å². The molecule has 0 saturated heterocycles. The molecule has 0 aliphatic heterocycles. The Morgan fingerprint density at radius 3 is 2.04 bits per heavy atom. The lowest BCUT2D eigenvalue weighted by Crippen LogP contribution is -2.03. The average molecular weight is 378 g/mol. The van der Waals surface area contributed by atoms with E-state index in [-0.39, 0.29) is 55.7 Å². The van der Waals surface area contributed by atoms with E-state index in [2.05, 4.69) is 0 Å². The van der Waals surface area contributed by atoms with Crippen LogP contribution in [-0.4, -0.2) is 15.3 Å². The molecule has 0 saturated carbocycles. The second-order valence-electron chi connectivity index (χ2n) is 6.16. The van der Waals surface area contributed by atoms with Crippen LogP contribution < -0.4 is 11.3 Å². The molecule has 0 aliphatic carbocycles. The van der Waals surface area contributed by atoms with Gasteiger partial charge in [-0.2, -0.15) is 0 Å². The molecule has 8 nitrogen and oxygen atoms in total. The number of phenolic OH excluding ortho intramolecular Hbond substituents is 2. The lowest BCUT2D eigenvalue weighted by Gasteiger charge is -2.05. The molecule has 0 amide bonds. The fourth-order valence-electron chi connectivity index (χ4n) is 3.27. The van der Waals surface area contributed by atoms with Crippen molar-refractivity contribution in [1.29, 1.82) is 0 Å². The molecule has 0 atom stereocenters. The third kappa shape index (κ3) is 2.05. The second kappa shape index (κ2) is 5.40. The summed E-state index contributed by atoms with van der Waals surface area (Å²) in [5.74, 6) is -1.20. The first-order valence-electron chi connectivity index (χ1n) is 8.12. The van der Waals surface area contributed by atoms with Crippen LogP contribution in [0.3, 0.4) is 0 Å². The number of benzene rings is 2. The number of fused-ring (bicyclic) bond motifs is 4. The molecule has 3 aromatic heterocycles. The van der Waals surface area contributed by atoms with Gasteiger partial charge in [-0.25, -0.2) is 9.59 Å². The zero-order chi connectivity index (χ0) is 19.6. The van der Waals surface area contributed by atoms with Gasteiger partial charge in [0.15, 0.2) is 5.58 Å². The fraction of sp³-hybridized carbons (Fsp3) is 0. The van der Waals surface area contributed by atoms with E-state index < -0.39 is 17.0 Å². The Hall–Kier alpha value is -4.20. The summed E-state index contributed by atoms with van der Waals surface area (Å²) in [6.07, 6.45) is 0. The van der Waals surface area contributed by atoms with Crippen molar-refractivity contribution in [1.82, 2.24) is 0 Å². The summed E-state index contributed by atoms with van der Waals surface area (Å²) < 4.78 is 16.0. The van der Waals surface area contributed by atoms with Crippen molar-refractivity contribution < 1.29 is 28.6 Å². The van der Waals surface area contributed by atoms with E-state index in [1.165, 1.54) is 42.5 Å². The summed E-state index contributed by atoms with van der Waals surface area (Å²) >= 11 is 0. The van der Waals surface area contributed by atoms with Crippen molar-refractivity contribution in [2.24, 2.45) is 0 Å². The first kappa shape index (κ1) is 16.0. The number of rotatable bonds is 1. The maximum atomic E-state index is 12.4. The van der Waals surface area contributed by atoms with E-state index in [1.54, 1.807) is 0 Å². The van der Waals surface area contributed by atoms with Crippen LogP contribution in [-0.2, 0) is 0 Å². The Bertz CT molecular complexity index is 1530. The molecule has 0 unspecified atom stereocenters. The molecule has 0 spiro atoms. The van der Waals surface area contributed by atoms with Crippen molar-refractivity contribution in [3.8, 4) is 28.6 Å². The van der Waals surface area contributed by atoms with Crippen LogP contribution in [0.25, 0.3) is 44.2 Å². The van der Waals surface area contributed by atoms with E-state index in [9.17, 15) is 24.9 Å². The molecule has 0 bridgehead atoms. The van der Waals surface area contributed by atoms with E-state index in [1.807, 2.05) is 0 Å². The van der Waals surface area contributed by atoms with Gasteiger partial charge in [-0.15, -0.1) is 0 Å². The largest absolute Gasteiger partial charge is 0.507 e. The van der Waals surface area contributed by atoms with Crippen LogP contribution in [0.4, 0.5) is 0 Å². The third-order valence-electron chi connectivity index (χ3n) is 4.52. The molecule has 3 heterocycles. The highest BCUT2D eigenvalue weighted by Crippen LogP contribution is 2.40. The minimum absolute atomic E-state index is 0.00414. The number of hydrogen-bond acceptors (Lipinski definition) is 8. The molecule has 5 rings (SSSR count). The van der Waals surface area contributed by atoms with Gasteiger partial charge >= 0.3 is 11.3 Å². The fourth-order valence-corrected chi connectivity index (χ4v) is 3.27. The minimum atomic E-state index is -0.924. The molecule has 5 aromatic rings. The predicted molar refractivity (Wildman–Crippen MR) is 98.7 cm³/mol. The Morgan fingerprint density at radius 2 is 1.32 bits per heavy atom. The molecular formula is C20H10O8. The summed E-state index contributed by atoms with van der Waals surface area (Å²) in [7, 11) is 0. The van der Waals surface area contributed by atoms with Gasteiger partial charge in [0.2, 0.25) is 0 Å². The number of phenols is 2. The van der Waals surface area contributed by atoms with Crippen molar-refractivity contribution in [3.63, 3.8) is 0 Å². The van der Waals surface area contributed by atoms with Gasteiger partial charge in [0.25, 0.3) is 0 Å². The third-order valence-corrected chi connectivity index (χ3v) is 4.52. The van der Waals surface area contributed by atoms with E-state index >= 15 is 0 Å². The highest BCUT2D eigenvalue weighted by molar-refractivity contribution is 6.05. The van der Waals surface area contributed by atoms with Crippen LogP contribution in [0.1, 0.15) is 0 Å². The van der Waals surface area contributed by atoms with Crippen molar-refractivity contribution >= 4 is 32.9 Å². The van der Waals surface area contributed by atoms with Gasteiger partial charge < -0.3 is 28.6 Å². The molecule has 0 fully saturated rings. The normalized spacial score (nSPS) is 11.6. The summed E-state index contributed by atoms with van der Waals surface area (Å²) in [6.45, 7) is 0. The van der Waals surface area contributed by atoms with Crippen LogP contribution in [0.15, 0.2) is 65.3 Å². The van der Waals surface area contributed by atoms with Gasteiger partial charge in [-0.3, -0.25) is 0 Å². The summed E-state index contributed by atoms with van der Waals surface area (Å²) in [4.78, 5) is 24.7. The predicted octanol–water partition coefficient (Wildman–Crippen LogP) is 3.43. The number of furan rings is 1. The Balaban J connectivity index is 1.92. The highest BCUT2D eigenvalue weighted by atomic mass is 16.4. The average Bonchev–Trinajstić information content (AvgIpc) is 3.07. The highest BCUT2D eigenvalue weighted by Gasteiger charge is 2.24. The van der Waals surface area contributed by atoms with Crippen LogP contribution in [0.5, 0.6) is 17.2 Å². The lowest BCUT2D eigenvalue weighted by atomic mass is 10.1. The zero-order valence-electron chi connectivity index (χ0n) is 13.9. The van der Waals surface area contributed by atoms with Crippen molar-refractivity contribution in [2.45, 2.75) is 0 Å². The topological polar surface area (TPSA) is 134 Å².